The molecule has 0 fully saturated rings. The molecule has 0 aliphatic rings. The molecular formula is C26H35Cl2N3O4S. The third kappa shape index (κ3) is 8.11. The van der Waals surface area contributed by atoms with Gasteiger partial charge in [0.15, 0.2) is 0 Å². The minimum Gasteiger partial charge on any atom is -0.352 e. The number of nitrogens with zero attached hydrogens (tertiary/aromatic N) is 2. The Bertz CT molecular complexity index is 1170. The summed E-state index contributed by atoms with van der Waals surface area (Å²) in [5, 5.41) is 3.58. The zero-order chi connectivity index (χ0) is 27.2. The molecule has 7 nitrogen and oxygen atoms in total. The van der Waals surface area contributed by atoms with Crippen LogP contribution in [0.4, 0.5) is 5.69 Å². The van der Waals surface area contributed by atoms with Crippen molar-refractivity contribution in [2.24, 2.45) is 0 Å². The van der Waals surface area contributed by atoms with E-state index >= 15 is 0 Å². The largest absolute Gasteiger partial charge is 0.352 e. The average Bonchev–Trinajstić information content (AvgIpc) is 2.81. The molecule has 36 heavy (non-hydrogen) atoms. The van der Waals surface area contributed by atoms with Gasteiger partial charge in [-0.3, -0.25) is 13.9 Å². The lowest BCUT2D eigenvalue weighted by Gasteiger charge is -2.32. The van der Waals surface area contributed by atoms with Gasteiger partial charge in [-0.05, 0) is 61.6 Å². The Balaban J connectivity index is 2.41. The molecule has 10 heteroatoms. The van der Waals surface area contributed by atoms with Crippen LogP contribution in [0.5, 0.6) is 0 Å². The molecule has 0 radical (unpaired) electrons. The summed E-state index contributed by atoms with van der Waals surface area (Å²) in [5.41, 5.74) is 2.09. The molecule has 2 amide bonds. The fourth-order valence-electron chi connectivity index (χ4n) is 3.52. The van der Waals surface area contributed by atoms with Gasteiger partial charge < -0.3 is 10.2 Å². The number of hydrogen-bond acceptors (Lipinski definition) is 4. The molecule has 0 heterocycles. The highest BCUT2D eigenvalue weighted by molar-refractivity contribution is 7.92. The number of anilines is 1. The van der Waals surface area contributed by atoms with Crippen molar-refractivity contribution >= 4 is 50.7 Å². The van der Waals surface area contributed by atoms with Crippen LogP contribution in [0.3, 0.4) is 0 Å². The van der Waals surface area contributed by atoms with Crippen molar-refractivity contribution < 1.29 is 18.0 Å². The monoisotopic (exact) mass is 555 g/mol. The van der Waals surface area contributed by atoms with Crippen LogP contribution in [0.2, 0.25) is 10.0 Å². The highest BCUT2D eigenvalue weighted by atomic mass is 35.5. The molecule has 0 bridgehead atoms. The summed E-state index contributed by atoms with van der Waals surface area (Å²) in [7, 11) is -3.79. The standard InChI is InChI=1S/C26H35Cl2N3O4S/c1-7-18(4)29-26(33)19(5)30(15-20-8-13-23(27)24(28)14-20)25(32)16-31(36(6,34)35)22-11-9-21(10-12-22)17(2)3/h8-14,17-19H,7,15-16H2,1-6H3,(H,29,33)/t18-,19-/m1/s1. The second-order valence-electron chi connectivity index (χ2n) is 9.28. The molecule has 2 aromatic rings. The first kappa shape index (κ1) is 29.9. The number of rotatable bonds is 11. The minimum absolute atomic E-state index is 0.0503. The summed E-state index contributed by atoms with van der Waals surface area (Å²) in [6.07, 6.45) is 1.78. The number of hydrogen-bond donors (Lipinski definition) is 1. The highest BCUT2D eigenvalue weighted by Crippen LogP contribution is 2.25. The van der Waals surface area contributed by atoms with Crippen LogP contribution in [0.25, 0.3) is 0 Å². The molecular weight excluding hydrogens is 521 g/mol. The molecule has 2 atom stereocenters. The van der Waals surface area contributed by atoms with Gasteiger partial charge in [0, 0.05) is 12.6 Å². The van der Waals surface area contributed by atoms with E-state index in [9.17, 15) is 18.0 Å². The van der Waals surface area contributed by atoms with Crippen LogP contribution in [0, 0.1) is 0 Å². The SMILES string of the molecule is CC[C@@H](C)NC(=O)[C@@H](C)N(Cc1ccc(Cl)c(Cl)c1)C(=O)CN(c1ccc(C(C)C)cc1)S(C)(=O)=O. The van der Waals surface area contributed by atoms with Crippen molar-refractivity contribution in [1.82, 2.24) is 10.2 Å². The maximum Gasteiger partial charge on any atom is 0.244 e. The Morgan fingerprint density at radius 2 is 1.58 bits per heavy atom. The average molecular weight is 557 g/mol. The van der Waals surface area contributed by atoms with Crippen molar-refractivity contribution in [1.29, 1.82) is 0 Å². The Hall–Kier alpha value is -2.29. The molecule has 1 N–H and O–H groups in total. The van der Waals surface area contributed by atoms with E-state index < -0.39 is 28.5 Å². The van der Waals surface area contributed by atoms with Crippen molar-refractivity contribution in [3.8, 4) is 0 Å². The van der Waals surface area contributed by atoms with Gasteiger partial charge in [0.1, 0.15) is 12.6 Å². The zero-order valence-electron chi connectivity index (χ0n) is 21.6. The normalized spacial score (nSPS) is 13.2. The highest BCUT2D eigenvalue weighted by Gasteiger charge is 2.30. The van der Waals surface area contributed by atoms with Gasteiger partial charge in [-0.2, -0.15) is 0 Å². The van der Waals surface area contributed by atoms with Gasteiger partial charge in [0.25, 0.3) is 0 Å². The lowest BCUT2D eigenvalue weighted by molar-refractivity contribution is -0.139. The van der Waals surface area contributed by atoms with Crippen molar-refractivity contribution in [3.05, 3.63) is 63.6 Å². The first-order valence-corrected chi connectivity index (χ1v) is 14.5. The molecule has 0 saturated heterocycles. The molecule has 0 aliphatic carbocycles. The number of benzene rings is 2. The minimum atomic E-state index is -3.79. The fourth-order valence-corrected chi connectivity index (χ4v) is 4.69. The second-order valence-corrected chi connectivity index (χ2v) is 12.0. The predicted molar refractivity (Wildman–Crippen MR) is 147 cm³/mol. The van der Waals surface area contributed by atoms with E-state index in [1.807, 2.05) is 39.8 Å². The Morgan fingerprint density at radius 3 is 2.08 bits per heavy atom. The van der Waals surface area contributed by atoms with E-state index in [-0.39, 0.29) is 24.4 Å². The quantitative estimate of drug-likeness (QED) is 0.412. The molecule has 0 saturated carbocycles. The summed E-state index contributed by atoms with van der Waals surface area (Å²) >= 11 is 12.2. The fraction of sp³-hybridized carbons (Fsp3) is 0.462. The first-order chi connectivity index (χ1) is 16.7. The summed E-state index contributed by atoms with van der Waals surface area (Å²) < 4.78 is 26.4. The zero-order valence-corrected chi connectivity index (χ0v) is 23.9. The van der Waals surface area contributed by atoms with E-state index in [0.717, 1.165) is 22.5 Å². The smallest absolute Gasteiger partial charge is 0.244 e. The lowest BCUT2D eigenvalue weighted by Crippen LogP contribution is -2.52. The molecule has 0 unspecified atom stereocenters. The molecule has 0 aliphatic heterocycles. The number of halogens is 2. The number of nitrogens with one attached hydrogen (secondary N) is 1. The van der Waals surface area contributed by atoms with Gasteiger partial charge in [0.05, 0.1) is 22.0 Å². The van der Waals surface area contributed by atoms with Crippen LogP contribution in [0.1, 0.15) is 58.1 Å². The number of carbonyl (C=O) groups is 2. The Morgan fingerprint density at radius 1 is 0.972 bits per heavy atom. The van der Waals surface area contributed by atoms with Crippen LogP contribution in [-0.4, -0.2) is 50.0 Å². The van der Waals surface area contributed by atoms with Gasteiger partial charge in [-0.25, -0.2) is 8.42 Å². The van der Waals surface area contributed by atoms with Crippen molar-refractivity contribution in [2.45, 2.75) is 65.6 Å². The van der Waals surface area contributed by atoms with Gasteiger partial charge in [-0.1, -0.05) is 62.2 Å². The molecule has 2 aromatic carbocycles. The number of amides is 2. The van der Waals surface area contributed by atoms with E-state index in [0.29, 0.717) is 21.3 Å². The number of sulfonamides is 1. The van der Waals surface area contributed by atoms with Crippen molar-refractivity contribution in [3.63, 3.8) is 0 Å². The predicted octanol–water partition coefficient (Wildman–Crippen LogP) is 5.21. The van der Waals surface area contributed by atoms with E-state index in [1.54, 1.807) is 37.3 Å². The maximum absolute atomic E-state index is 13.6. The van der Waals surface area contributed by atoms with Crippen LogP contribution in [0.15, 0.2) is 42.5 Å². The van der Waals surface area contributed by atoms with E-state index in [2.05, 4.69) is 5.32 Å². The summed E-state index contributed by atoms with van der Waals surface area (Å²) in [6, 6.07) is 11.1. The first-order valence-electron chi connectivity index (χ1n) is 11.9. The summed E-state index contributed by atoms with van der Waals surface area (Å²) in [5.74, 6) is -0.574. The van der Waals surface area contributed by atoms with Crippen LogP contribution >= 0.6 is 23.2 Å². The number of carbonyl (C=O) groups excluding carboxylic acids is 2. The van der Waals surface area contributed by atoms with E-state index in [4.69, 9.17) is 23.2 Å². The van der Waals surface area contributed by atoms with E-state index in [1.165, 1.54) is 4.90 Å². The van der Waals surface area contributed by atoms with Gasteiger partial charge in [-0.15, -0.1) is 0 Å². The van der Waals surface area contributed by atoms with Gasteiger partial charge in [0.2, 0.25) is 21.8 Å². The Kier molecular flexibility index (Phi) is 10.6. The summed E-state index contributed by atoms with van der Waals surface area (Å²) in [4.78, 5) is 27.9. The van der Waals surface area contributed by atoms with Crippen LogP contribution in [-0.2, 0) is 26.2 Å². The molecule has 0 spiro atoms. The van der Waals surface area contributed by atoms with Crippen molar-refractivity contribution in [2.75, 3.05) is 17.1 Å². The second kappa shape index (κ2) is 12.8. The molecule has 2 rings (SSSR count). The third-order valence-electron chi connectivity index (χ3n) is 6.03. The maximum atomic E-state index is 13.6. The third-order valence-corrected chi connectivity index (χ3v) is 7.91. The lowest BCUT2D eigenvalue weighted by atomic mass is 10.0. The topological polar surface area (TPSA) is 86.8 Å². The molecule has 198 valence electrons. The molecule has 0 aromatic heterocycles. The summed E-state index contributed by atoms with van der Waals surface area (Å²) in [6.45, 7) is 9.12. The van der Waals surface area contributed by atoms with Gasteiger partial charge >= 0.3 is 0 Å². The Labute approximate surface area is 224 Å². The van der Waals surface area contributed by atoms with Crippen LogP contribution < -0.4 is 9.62 Å².